The molecule has 0 saturated heterocycles. The Balaban J connectivity index is 3.80. The largest absolute Gasteiger partial charge is 0.377 e. The summed E-state index contributed by atoms with van der Waals surface area (Å²) < 4.78 is 5.31. The van der Waals surface area contributed by atoms with Crippen molar-refractivity contribution in [2.45, 2.75) is 34.6 Å². The van der Waals surface area contributed by atoms with E-state index in [-0.39, 0.29) is 0 Å². The molecule has 0 aliphatic carbocycles. The van der Waals surface area contributed by atoms with Gasteiger partial charge in [-0.3, -0.25) is 0 Å². The number of ether oxygens (including phenoxy) is 1. The maximum atomic E-state index is 5.31. The second kappa shape index (κ2) is 6.24. The molecular weight excluding hydrogens is 148 g/mol. The average molecular weight is 170 g/mol. The smallest absolute Gasteiger partial charge is 0.0674 e. The molecule has 0 amide bonds. The van der Waals surface area contributed by atoms with Crippen molar-refractivity contribution in [3.05, 3.63) is 11.6 Å². The van der Waals surface area contributed by atoms with Crippen LogP contribution in [0, 0.1) is 11.8 Å². The van der Waals surface area contributed by atoms with Gasteiger partial charge in [0.1, 0.15) is 0 Å². The molecule has 0 aromatic carbocycles. The van der Waals surface area contributed by atoms with Crippen molar-refractivity contribution in [1.29, 1.82) is 0 Å². The second-order valence-electron chi connectivity index (χ2n) is 3.75. The Morgan fingerprint density at radius 3 is 2.33 bits per heavy atom. The SMILES string of the molecule is CCOC/C(C)=C/[C@@H](C)C(C)C. The molecule has 0 fully saturated rings. The number of hydrogen-bond acceptors (Lipinski definition) is 1. The lowest BCUT2D eigenvalue weighted by molar-refractivity contribution is 0.170. The topological polar surface area (TPSA) is 9.23 Å². The van der Waals surface area contributed by atoms with Crippen molar-refractivity contribution in [2.24, 2.45) is 11.8 Å². The van der Waals surface area contributed by atoms with E-state index in [0.29, 0.717) is 5.92 Å². The summed E-state index contributed by atoms with van der Waals surface area (Å²) in [7, 11) is 0. The van der Waals surface area contributed by atoms with Crippen LogP contribution in [0.5, 0.6) is 0 Å². The van der Waals surface area contributed by atoms with Gasteiger partial charge in [0.2, 0.25) is 0 Å². The van der Waals surface area contributed by atoms with E-state index in [2.05, 4.69) is 33.8 Å². The van der Waals surface area contributed by atoms with Crippen molar-refractivity contribution in [2.75, 3.05) is 13.2 Å². The maximum Gasteiger partial charge on any atom is 0.0674 e. The van der Waals surface area contributed by atoms with E-state index in [1.807, 2.05) is 6.92 Å². The van der Waals surface area contributed by atoms with E-state index >= 15 is 0 Å². The van der Waals surface area contributed by atoms with Crippen molar-refractivity contribution >= 4 is 0 Å². The molecule has 12 heavy (non-hydrogen) atoms. The van der Waals surface area contributed by atoms with E-state index in [0.717, 1.165) is 19.1 Å². The summed E-state index contributed by atoms with van der Waals surface area (Å²) in [6.07, 6.45) is 2.31. The molecule has 1 heteroatoms. The zero-order valence-corrected chi connectivity index (χ0v) is 9.05. The summed E-state index contributed by atoms with van der Waals surface area (Å²) in [4.78, 5) is 0. The first-order valence-electron chi connectivity index (χ1n) is 4.83. The highest BCUT2D eigenvalue weighted by Crippen LogP contribution is 2.13. The fourth-order valence-electron chi connectivity index (χ4n) is 0.952. The minimum atomic E-state index is 0.658. The third-order valence-electron chi connectivity index (χ3n) is 2.13. The van der Waals surface area contributed by atoms with Gasteiger partial charge in [-0.2, -0.15) is 0 Å². The molecule has 0 aromatic heterocycles. The standard InChI is InChI=1S/C11H22O/c1-6-12-8-10(4)7-11(5)9(2)3/h7,9,11H,6,8H2,1-5H3/b10-7+/t11-/m1/s1. The fourth-order valence-corrected chi connectivity index (χ4v) is 0.952. The van der Waals surface area contributed by atoms with Crippen LogP contribution in [0.3, 0.4) is 0 Å². The Hall–Kier alpha value is -0.300. The maximum absolute atomic E-state index is 5.31. The minimum Gasteiger partial charge on any atom is -0.377 e. The monoisotopic (exact) mass is 170 g/mol. The molecule has 0 aliphatic rings. The molecule has 1 atom stereocenters. The zero-order valence-electron chi connectivity index (χ0n) is 9.05. The van der Waals surface area contributed by atoms with Crippen molar-refractivity contribution in [1.82, 2.24) is 0 Å². The molecule has 1 nitrogen and oxygen atoms in total. The van der Waals surface area contributed by atoms with Gasteiger partial charge in [-0.15, -0.1) is 0 Å². The Morgan fingerprint density at radius 2 is 1.92 bits per heavy atom. The second-order valence-corrected chi connectivity index (χ2v) is 3.75. The molecule has 72 valence electrons. The zero-order chi connectivity index (χ0) is 9.56. The molecule has 0 unspecified atom stereocenters. The summed E-state index contributed by atoms with van der Waals surface area (Å²) in [5, 5.41) is 0. The van der Waals surface area contributed by atoms with Crippen molar-refractivity contribution in [3.63, 3.8) is 0 Å². The molecule has 0 N–H and O–H groups in total. The molecule has 0 aromatic rings. The van der Waals surface area contributed by atoms with E-state index in [1.165, 1.54) is 5.57 Å². The highest BCUT2D eigenvalue weighted by Gasteiger charge is 2.03. The summed E-state index contributed by atoms with van der Waals surface area (Å²) in [6, 6.07) is 0. The van der Waals surface area contributed by atoms with Gasteiger partial charge in [0.05, 0.1) is 6.61 Å². The number of hydrogen-bond donors (Lipinski definition) is 0. The summed E-state index contributed by atoms with van der Waals surface area (Å²) >= 11 is 0. The van der Waals surface area contributed by atoms with Crippen molar-refractivity contribution < 1.29 is 4.74 Å². The van der Waals surface area contributed by atoms with E-state index in [1.54, 1.807) is 0 Å². The van der Waals surface area contributed by atoms with E-state index in [9.17, 15) is 0 Å². The predicted molar refractivity (Wildman–Crippen MR) is 54.3 cm³/mol. The average Bonchev–Trinajstić information content (AvgIpc) is 2.00. The third-order valence-corrected chi connectivity index (χ3v) is 2.13. The lowest BCUT2D eigenvalue weighted by atomic mass is 9.96. The van der Waals surface area contributed by atoms with Crippen LogP contribution in [0.15, 0.2) is 11.6 Å². The van der Waals surface area contributed by atoms with Crippen molar-refractivity contribution in [3.8, 4) is 0 Å². The Labute approximate surface area is 76.8 Å². The molecule has 0 spiro atoms. The first-order valence-corrected chi connectivity index (χ1v) is 4.83. The Bertz CT molecular complexity index is 136. The van der Waals surface area contributed by atoms with Crippen LogP contribution in [-0.2, 0) is 4.74 Å². The molecule has 0 saturated carbocycles. The van der Waals surface area contributed by atoms with Crippen LogP contribution >= 0.6 is 0 Å². The van der Waals surface area contributed by atoms with Crippen LogP contribution in [-0.4, -0.2) is 13.2 Å². The first-order chi connectivity index (χ1) is 5.57. The highest BCUT2D eigenvalue weighted by molar-refractivity contribution is 5.01. The van der Waals surface area contributed by atoms with E-state index < -0.39 is 0 Å². The highest BCUT2D eigenvalue weighted by atomic mass is 16.5. The van der Waals surface area contributed by atoms with Crippen LogP contribution in [0.1, 0.15) is 34.6 Å². The van der Waals surface area contributed by atoms with Crippen LogP contribution in [0.4, 0.5) is 0 Å². The molecule has 0 radical (unpaired) electrons. The number of rotatable bonds is 5. The van der Waals surface area contributed by atoms with Gasteiger partial charge >= 0.3 is 0 Å². The van der Waals surface area contributed by atoms with Gasteiger partial charge in [0, 0.05) is 6.61 Å². The molecule has 0 aliphatic heterocycles. The lowest BCUT2D eigenvalue weighted by Gasteiger charge is -2.12. The molecular formula is C11H22O. The third kappa shape index (κ3) is 5.36. The Kier molecular flexibility index (Phi) is 6.09. The van der Waals surface area contributed by atoms with Gasteiger partial charge < -0.3 is 4.74 Å². The fraction of sp³-hybridized carbons (Fsp3) is 0.818. The summed E-state index contributed by atoms with van der Waals surface area (Å²) in [5.74, 6) is 1.38. The van der Waals surface area contributed by atoms with Crippen LogP contribution in [0.2, 0.25) is 0 Å². The summed E-state index contributed by atoms with van der Waals surface area (Å²) in [6.45, 7) is 12.5. The number of allylic oxidation sites excluding steroid dienone is 1. The van der Waals surface area contributed by atoms with E-state index in [4.69, 9.17) is 4.74 Å². The van der Waals surface area contributed by atoms with Crippen LogP contribution in [0.25, 0.3) is 0 Å². The van der Waals surface area contributed by atoms with Gasteiger partial charge in [-0.25, -0.2) is 0 Å². The van der Waals surface area contributed by atoms with Gasteiger partial charge in [-0.1, -0.05) is 32.4 Å². The lowest BCUT2D eigenvalue weighted by Crippen LogP contribution is -2.03. The van der Waals surface area contributed by atoms with Gasteiger partial charge in [0.25, 0.3) is 0 Å². The molecule has 0 rings (SSSR count). The van der Waals surface area contributed by atoms with Crippen LogP contribution < -0.4 is 0 Å². The quantitative estimate of drug-likeness (QED) is 0.575. The predicted octanol–water partition coefficient (Wildman–Crippen LogP) is 3.26. The first kappa shape index (κ1) is 11.7. The molecule has 0 bridgehead atoms. The molecule has 0 heterocycles. The van der Waals surface area contributed by atoms with Gasteiger partial charge in [-0.05, 0) is 25.7 Å². The van der Waals surface area contributed by atoms with Gasteiger partial charge in [0.15, 0.2) is 0 Å². The Morgan fingerprint density at radius 1 is 1.33 bits per heavy atom. The summed E-state index contributed by atoms with van der Waals surface area (Å²) in [5.41, 5.74) is 1.35. The normalized spacial score (nSPS) is 15.3. The minimum absolute atomic E-state index is 0.658.